The highest BCUT2D eigenvalue weighted by Gasteiger charge is 2.09. The van der Waals surface area contributed by atoms with Gasteiger partial charge in [-0.3, -0.25) is 9.59 Å². The van der Waals surface area contributed by atoms with Crippen LogP contribution in [0.5, 0.6) is 0 Å². The van der Waals surface area contributed by atoms with Crippen molar-refractivity contribution in [3.63, 3.8) is 0 Å². The van der Waals surface area contributed by atoms with E-state index in [4.69, 9.17) is 9.47 Å². The van der Waals surface area contributed by atoms with Gasteiger partial charge in [-0.1, -0.05) is 181 Å². The van der Waals surface area contributed by atoms with Crippen molar-refractivity contribution in [1.29, 1.82) is 0 Å². The van der Waals surface area contributed by atoms with Gasteiger partial charge in [0.05, 0.1) is 26.1 Å². The summed E-state index contributed by atoms with van der Waals surface area (Å²) in [4.78, 5) is 23.7. The Balaban J connectivity index is 3.27. The molecule has 0 atom stereocenters. The summed E-state index contributed by atoms with van der Waals surface area (Å²) in [5.41, 5.74) is 0. The first-order valence-electron chi connectivity index (χ1n) is 18.0. The quantitative estimate of drug-likeness (QED) is 0.0585. The van der Waals surface area contributed by atoms with E-state index in [-0.39, 0.29) is 24.8 Å². The average molecular weight is 567 g/mol. The zero-order valence-corrected chi connectivity index (χ0v) is 27.3. The molecule has 0 bridgehead atoms. The predicted molar refractivity (Wildman–Crippen MR) is 172 cm³/mol. The van der Waals surface area contributed by atoms with Gasteiger partial charge in [0.15, 0.2) is 0 Å². The number of carbonyl (C=O) groups is 2. The molecule has 0 aliphatic heterocycles. The normalized spacial score (nSPS) is 11.2. The molecule has 0 spiro atoms. The number of hydrogen-bond acceptors (Lipinski definition) is 4. The van der Waals surface area contributed by atoms with Crippen LogP contribution in [0, 0.1) is 0 Å². The highest BCUT2D eigenvalue weighted by atomic mass is 16.5. The second-order valence-corrected chi connectivity index (χ2v) is 12.1. The lowest BCUT2D eigenvalue weighted by Gasteiger charge is -2.06. The molecule has 0 heterocycles. The molecule has 0 N–H and O–H groups in total. The molecule has 238 valence electrons. The largest absolute Gasteiger partial charge is 0.466 e. The van der Waals surface area contributed by atoms with Crippen LogP contribution in [0.25, 0.3) is 0 Å². The van der Waals surface area contributed by atoms with Gasteiger partial charge in [0.25, 0.3) is 0 Å². The molecule has 0 aromatic rings. The predicted octanol–water partition coefficient (Wildman–Crippen LogP) is 11.8. The topological polar surface area (TPSA) is 52.6 Å². The van der Waals surface area contributed by atoms with E-state index < -0.39 is 0 Å². The lowest BCUT2D eigenvalue weighted by Crippen LogP contribution is -2.11. The van der Waals surface area contributed by atoms with E-state index in [0.717, 1.165) is 25.7 Å². The minimum absolute atomic E-state index is 0.135. The maximum absolute atomic E-state index is 11.9. The monoisotopic (exact) mass is 567 g/mol. The van der Waals surface area contributed by atoms with Crippen LogP contribution in [0.1, 0.15) is 206 Å². The summed E-state index contributed by atoms with van der Waals surface area (Å²) in [6.07, 6.45) is 37.1. The van der Waals surface area contributed by atoms with Crippen molar-refractivity contribution in [1.82, 2.24) is 0 Å². The first-order valence-corrected chi connectivity index (χ1v) is 18.0. The standard InChI is InChI=1S/C36H70O4/c1-3-5-7-9-11-13-15-17-19-21-23-25-27-29-33-39-35(37)31-32-36(38)40-34-30-28-26-24-22-20-18-16-14-12-10-8-6-4-2/h3-34H2,1-2H3. The minimum atomic E-state index is -0.275. The Bertz CT molecular complexity index is 473. The smallest absolute Gasteiger partial charge is 0.306 e. The van der Waals surface area contributed by atoms with E-state index in [9.17, 15) is 9.59 Å². The molecule has 0 saturated heterocycles. The molecule has 0 unspecified atom stereocenters. The molecule has 40 heavy (non-hydrogen) atoms. The van der Waals surface area contributed by atoms with Gasteiger partial charge in [-0.2, -0.15) is 0 Å². The Morgan fingerprint density at radius 1 is 0.325 bits per heavy atom. The zero-order valence-electron chi connectivity index (χ0n) is 27.3. The third kappa shape index (κ3) is 33.1. The highest BCUT2D eigenvalue weighted by Crippen LogP contribution is 2.14. The van der Waals surface area contributed by atoms with E-state index in [2.05, 4.69) is 13.8 Å². The van der Waals surface area contributed by atoms with E-state index in [1.54, 1.807) is 0 Å². The lowest BCUT2D eigenvalue weighted by atomic mass is 10.0. The average Bonchev–Trinajstić information content (AvgIpc) is 2.96. The van der Waals surface area contributed by atoms with Crippen molar-refractivity contribution in [2.24, 2.45) is 0 Å². The summed E-state index contributed by atoms with van der Waals surface area (Å²) in [6.45, 7) is 5.50. The molecule has 0 amide bonds. The van der Waals surface area contributed by atoms with E-state index >= 15 is 0 Å². The first kappa shape index (κ1) is 38.9. The second-order valence-electron chi connectivity index (χ2n) is 12.1. The van der Waals surface area contributed by atoms with Crippen LogP contribution in [-0.2, 0) is 19.1 Å². The molecule has 0 aliphatic carbocycles. The van der Waals surface area contributed by atoms with Crippen LogP contribution in [0.3, 0.4) is 0 Å². The van der Waals surface area contributed by atoms with Crippen LogP contribution in [0.2, 0.25) is 0 Å². The maximum Gasteiger partial charge on any atom is 0.306 e. The summed E-state index contributed by atoms with van der Waals surface area (Å²) < 4.78 is 10.6. The molecule has 0 saturated carbocycles. The van der Waals surface area contributed by atoms with Gasteiger partial charge in [0.2, 0.25) is 0 Å². The van der Waals surface area contributed by atoms with Crippen molar-refractivity contribution >= 4 is 11.9 Å². The molecular formula is C36H70O4. The van der Waals surface area contributed by atoms with E-state index in [0.29, 0.717) is 13.2 Å². The van der Waals surface area contributed by atoms with Gasteiger partial charge < -0.3 is 9.47 Å². The van der Waals surface area contributed by atoms with Gasteiger partial charge >= 0.3 is 11.9 Å². The van der Waals surface area contributed by atoms with Crippen LogP contribution >= 0.6 is 0 Å². The van der Waals surface area contributed by atoms with Crippen molar-refractivity contribution < 1.29 is 19.1 Å². The van der Waals surface area contributed by atoms with Crippen molar-refractivity contribution in [2.75, 3.05) is 13.2 Å². The maximum atomic E-state index is 11.9. The van der Waals surface area contributed by atoms with Crippen LogP contribution in [-0.4, -0.2) is 25.2 Å². The van der Waals surface area contributed by atoms with Crippen molar-refractivity contribution in [2.45, 2.75) is 206 Å². The number of esters is 2. The fraction of sp³-hybridized carbons (Fsp3) is 0.944. The van der Waals surface area contributed by atoms with E-state index in [1.807, 2.05) is 0 Å². The number of rotatable bonds is 33. The summed E-state index contributed by atoms with van der Waals surface area (Å²) in [7, 11) is 0. The Kier molecular flexibility index (Phi) is 33.2. The van der Waals surface area contributed by atoms with Crippen LogP contribution < -0.4 is 0 Å². The van der Waals surface area contributed by atoms with Crippen LogP contribution in [0.15, 0.2) is 0 Å². The van der Waals surface area contributed by atoms with Gasteiger partial charge in [-0.05, 0) is 12.8 Å². The van der Waals surface area contributed by atoms with Gasteiger partial charge in [0.1, 0.15) is 0 Å². The minimum Gasteiger partial charge on any atom is -0.466 e. The van der Waals surface area contributed by atoms with Gasteiger partial charge in [-0.25, -0.2) is 0 Å². The van der Waals surface area contributed by atoms with Gasteiger partial charge in [0, 0.05) is 0 Å². The molecule has 0 radical (unpaired) electrons. The zero-order chi connectivity index (χ0) is 29.2. The summed E-state index contributed by atoms with van der Waals surface area (Å²) in [5.74, 6) is -0.550. The Labute approximate surface area is 250 Å². The van der Waals surface area contributed by atoms with E-state index in [1.165, 1.54) is 154 Å². The first-order chi connectivity index (χ1) is 19.7. The number of ether oxygens (including phenoxy) is 2. The molecule has 0 rings (SSSR count). The molecule has 4 heteroatoms. The number of hydrogen-bond donors (Lipinski definition) is 0. The summed E-state index contributed by atoms with van der Waals surface area (Å²) in [6, 6.07) is 0. The summed E-state index contributed by atoms with van der Waals surface area (Å²) >= 11 is 0. The Hall–Kier alpha value is -1.06. The lowest BCUT2D eigenvalue weighted by molar-refractivity contribution is -0.150. The number of carbonyl (C=O) groups excluding carboxylic acids is 2. The molecule has 0 aliphatic rings. The number of unbranched alkanes of at least 4 members (excludes halogenated alkanes) is 26. The Morgan fingerprint density at radius 2 is 0.525 bits per heavy atom. The fourth-order valence-corrected chi connectivity index (χ4v) is 5.31. The second kappa shape index (κ2) is 34.1. The summed E-state index contributed by atoms with van der Waals surface area (Å²) in [5, 5.41) is 0. The fourth-order valence-electron chi connectivity index (χ4n) is 5.31. The third-order valence-electron chi connectivity index (χ3n) is 8.06. The van der Waals surface area contributed by atoms with Crippen molar-refractivity contribution in [3.8, 4) is 0 Å². The molecule has 4 nitrogen and oxygen atoms in total. The molecule has 0 aromatic heterocycles. The molecule has 0 fully saturated rings. The molecular weight excluding hydrogens is 496 g/mol. The molecule has 0 aromatic carbocycles. The van der Waals surface area contributed by atoms with Crippen molar-refractivity contribution in [3.05, 3.63) is 0 Å². The Morgan fingerprint density at radius 3 is 0.750 bits per heavy atom. The third-order valence-corrected chi connectivity index (χ3v) is 8.06. The van der Waals surface area contributed by atoms with Gasteiger partial charge in [-0.15, -0.1) is 0 Å². The highest BCUT2D eigenvalue weighted by molar-refractivity contribution is 5.77. The van der Waals surface area contributed by atoms with Crippen LogP contribution in [0.4, 0.5) is 0 Å². The SMILES string of the molecule is CCCCCCCCCCCCCCCCOC(=O)CCC(=O)OCCCCCCCCCCCCCCCC.